The van der Waals surface area contributed by atoms with Crippen LogP contribution in [-0.2, 0) is 0 Å². The molecule has 0 saturated heterocycles. The third-order valence-corrected chi connectivity index (χ3v) is 5.92. The molecule has 0 amide bonds. The highest BCUT2D eigenvalue weighted by Gasteiger charge is 2.37. The van der Waals surface area contributed by atoms with Crippen LogP contribution in [0, 0.1) is 23.2 Å². The van der Waals surface area contributed by atoms with E-state index in [9.17, 15) is 0 Å². The fourth-order valence-corrected chi connectivity index (χ4v) is 3.98. The van der Waals surface area contributed by atoms with Gasteiger partial charge in [-0.15, -0.1) is 0 Å². The standard InChI is InChI=1S/C18H38N2/c1-6-13(2)16-12-15(9-10-17(16)20)18(4,5)11-7-8-14(3)19/h13-17H,6-12,19-20H2,1-5H3. The van der Waals surface area contributed by atoms with E-state index in [1.807, 2.05) is 0 Å². The molecule has 0 radical (unpaired) electrons. The molecule has 5 unspecified atom stereocenters. The van der Waals surface area contributed by atoms with Gasteiger partial charge in [0.15, 0.2) is 0 Å². The summed E-state index contributed by atoms with van der Waals surface area (Å²) in [4.78, 5) is 0. The summed E-state index contributed by atoms with van der Waals surface area (Å²) in [5.74, 6) is 2.34. The van der Waals surface area contributed by atoms with E-state index < -0.39 is 0 Å². The molecule has 120 valence electrons. The van der Waals surface area contributed by atoms with Gasteiger partial charge in [0.1, 0.15) is 0 Å². The average molecular weight is 283 g/mol. The summed E-state index contributed by atoms with van der Waals surface area (Å²) in [6.45, 7) is 11.7. The molecule has 0 aromatic carbocycles. The predicted molar refractivity (Wildman–Crippen MR) is 89.5 cm³/mol. The van der Waals surface area contributed by atoms with Gasteiger partial charge in [-0.2, -0.15) is 0 Å². The Kier molecular flexibility index (Phi) is 7.00. The number of rotatable bonds is 7. The van der Waals surface area contributed by atoms with Crippen LogP contribution in [0.1, 0.15) is 79.6 Å². The van der Waals surface area contributed by atoms with Crippen molar-refractivity contribution in [2.45, 2.75) is 91.6 Å². The van der Waals surface area contributed by atoms with E-state index in [2.05, 4.69) is 34.6 Å². The van der Waals surface area contributed by atoms with Gasteiger partial charge in [0.25, 0.3) is 0 Å². The van der Waals surface area contributed by atoms with Crippen LogP contribution in [0.3, 0.4) is 0 Å². The van der Waals surface area contributed by atoms with E-state index in [1.165, 1.54) is 38.5 Å². The molecular weight excluding hydrogens is 244 g/mol. The second kappa shape index (κ2) is 7.79. The SMILES string of the molecule is CCC(C)C1CC(C(C)(C)CCCC(C)N)CCC1N. The van der Waals surface area contributed by atoms with Gasteiger partial charge in [-0.05, 0) is 62.2 Å². The summed E-state index contributed by atoms with van der Waals surface area (Å²) in [5.41, 5.74) is 12.7. The Morgan fingerprint density at radius 3 is 2.40 bits per heavy atom. The average Bonchev–Trinajstić information content (AvgIpc) is 2.37. The molecule has 0 aromatic heterocycles. The number of nitrogens with two attached hydrogens (primary N) is 2. The number of hydrogen-bond donors (Lipinski definition) is 2. The molecule has 1 aliphatic rings. The van der Waals surface area contributed by atoms with Crippen molar-refractivity contribution in [3.05, 3.63) is 0 Å². The van der Waals surface area contributed by atoms with E-state index in [-0.39, 0.29) is 0 Å². The van der Waals surface area contributed by atoms with Gasteiger partial charge in [0.05, 0.1) is 0 Å². The highest BCUT2D eigenvalue weighted by molar-refractivity contribution is 4.90. The minimum atomic E-state index is 0.346. The Labute approximate surface area is 127 Å². The molecule has 1 rings (SSSR count). The maximum atomic E-state index is 6.38. The van der Waals surface area contributed by atoms with Crippen LogP contribution in [0.15, 0.2) is 0 Å². The Bertz CT molecular complexity index is 269. The Hall–Kier alpha value is -0.0800. The van der Waals surface area contributed by atoms with Gasteiger partial charge < -0.3 is 11.5 Å². The zero-order valence-corrected chi connectivity index (χ0v) is 14.5. The molecule has 0 heterocycles. The molecular formula is C18H38N2. The van der Waals surface area contributed by atoms with Crippen LogP contribution >= 0.6 is 0 Å². The first kappa shape index (κ1) is 18.0. The first-order valence-electron chi connectivity index (χ1n) is 8.79. The van der Waals surface area contributed by atoms with Crippen molar-refractivity contribution >= 4 is 0 Å². The van der Waals surface area contributed by atoms with Crippen molar-refractivity contribution in [3.8, 4) is 0 Å². The summed E-state index contributed by atoms with van der Waals surface area (Å²) in [7, 11) is 0. The molecule has 5 atom stereocenters. The topological polar surface area (TPSA) is 52.0 Å². The molecule has 1 fully saturated rings. The van der Waals surface area contributed by atoms with Crippen molar-refractivity contribution in [2.75, 3.05) is 0 Å². The lowest BCUT2D eigenvalue weighted by Gasteiger charge is -2.44. The van der Waals surface area contributed by atoms with Crippen LogP contribution in [0.2, 0.25) is 0 Å². The van der Waals surface area contributed by atoms with E-state index in [0.29, 0.717) is 17.5 Å². The summed E-state index contributed by atoms with van der Waals surface area (Å²) in [6.07, 6.45) is 8.86. The monoisotopic (exact) mass is 282 g/mol. The lowest BCUT2D eigenvalue weighted by atomic mass is 9.62. The fraction of sp³-hybridized carbons (Fsp3) is 1.00. The summed E-state index contributed by atoms with van der Waals surface area (Å²) < 4.78 is 0. The maximum absolute atomic E-state index is 6.38. The van der Waals surface area contributed by atoms with Crippen LogP contribution in [0.5, 0.6) is 0 Å². The molecule has 1 aliphatic carbocycles. The maximum Gasteiger partial charge on any atom is 0.00699 e. The zero-order valence-electron chi connectivity index (χ0n) is 14.5. The van der Waals surface area contributed by atoms with Crippen LogP contribution in [0.25, 0.3) is 0 Å². The largest absolute Gasteiger partial charge is 0.328 e. The molecule has 2 nitrogen and oxygen atoms in total. The highest BCUT2D eigenvalue weighted by Crippen LogP contribution is 2.45. The third-order valence-electron chi connectivity index (χ3n) is 5.92. The summed E-state index contributed by atoms with van der Waals surface area (Å²) in [5, 5.41) is 0. The Morgan fingerprint density at radius 2 is 1.85 bits per heavy atom. The summed E-state index contributed by atoms with van der Waals surface area (Å²) in [6, 6.07) is 0.777. The van der Waals surface area contributed by atoms with Gasteiger partial charge in [0.2, 0.25) is 0 Å². The molecule has 2 heteroatoms. The molecule has 0 aromatic rings. The first-order valence-corrected chi connectivity index (χ1v) is 8.79. The van der Waals surface area contributed by atoms with Gasteiger partial charge in [0, 0.05) is 12.1 Å². The molecule has 20 heavy (non-hydrogen) atoms. The molecule has 1 saturated carbocycles. The third kappa shape index (κ3) is 5.04. The minimum absolute atomic E-state index is 0.346. The zero-order chi connectivity index (χ0) is 15.3. The van der Waals surface area contributed by atoms with Crippen molar-refractivity contribution < 1.29 is 0 Å². The highest BCUT2D eigenvalue weighted by atomic mass is 14.7. The molecule has 0 bridgehead atoms. The van der Waals surface area contributed by atoms with E-state index in [4.69, 9.17) is 11.5 Å². The van der Waals surface area contributed by atoms with Gasteiger partial charge >= 0.3 is 0 Å². The van der Waals surface area contributed by atoms with Gasteiger partial charge in [-0.3, -0.25) is 0 Å². The second-order valence-electron chi connectivity index (χ2n) is 8.08. The van der Waals surface area contributed by atoms with Crippen molar-refractivity contribution in [3.63, 3.8) is 0 Å². The normalized spacial score (nSPS) is 31.1. The van der Waals surface area contributed by atoms with Crippen LogP contribution < -0.4 is 11.5 Å². The van der Waals surface area contributed by atoms with Crippen molar-refractivity contribution in [1.82, 2.24) is 0 Å². The molecule has 4 N–H and O–H groups in total. The van der Waals surface area contributed by atoms with Crippen LogP contribution in [0.4, 0.5) is 0 Å². The molecule has 0 spiro atoms. The quantitative estimate of drug-likeness (QED) is 0.730. The predicted octanol–water partition coefficient (Wildman–Crippen LogP) is 4.32. The second-order valence-corrected chi connectivity index (χ2v) is 8.08. The Morgan fingerprint density at radius 1 is 1.20 bits per heavy atom. The smallest absolute Gasteiger partial charge is 0.00699 e. The van der Waals surface area contributed by atoms with Gasteiger partial charge in [-0.1, -0.05) is 40.5 Å². The fourth-order valence-electron chi connectivity index (χ4n) is 3.98. The van der Waals surface area contributed by atoms with E-state index >= 15 is 0 Å². The van der Waals surface area contributed by atoms with Crippen LogP contribution in [-0.4, -0.2) is 12.1 Å². The van der Waals surface area contributed by atoms with E-state index in [0.717, 1.165) is 24.2 Å². The van der Waals surface area contributed by atoms with E-state index in [1.54, 1.807) is 0 Å². The lowest BCUT2D eigenvalue weighted by Crippen LogP contribution is -2.42. The summed E-state index contributed by atoms with van der Waals surface area (Å²) >= 11 is 0. The molecule has 0 aliphatic heterocycles. The minimum Gasteiger partial charge on any atom is -0.328 e. The van der Waals surface area contributed by atoms with Crippen molar-refractivity contribution in [2.24, 2.45) is 34.6 Å². The number of hydrogen-bond acceptors (Lipinski definition) is 2. The first-order chi connectivity index (χ1) is 9.27. The lowest BCUT2D eigenvalue weighted by molar-refractivity contribution is 0.0785. The van der Waals surface area contributed by atoms with Crippen molar-refractivity contribution in [1.29, 1.82) is 0 Å². The van der Waals surface area contributed by atoms with Gasteiger partial charge in [-0.25, -0.2) is 0 Å². The Balaban J connectivity index is 2.56.